The summed E-state index contributed by atoms with van der Waals surface area (Å²) in [5.74, 6) is 0.000843. The Labute approximate surface area is 124 Å². The average molecular weight is 305 g/mol. The number of aromatic nitrogens is 1. The van der Waals surface area contributed by atoms with Gasteiger partial charge in [-0.1, -0.05) is 0 Å². The van der Waals surface area contributed by atoms with Crippen LogP contribution in [0.3, 0.4) is 0 Å². The third kappa shape index (κ3) is 5.44. The first-order valence-electron chi connectivity index (χ1n) is 6.39. The predicted molar refractivity (Wildman–Crippen MR) is 80.4 cm³/mol. The van der Waals surface area contributed by atoms with Crippen LogP contribution in [-0.2, 0) is 0 Å². The minimum absolute atomic E-state index is 0. The molecule has 0 unspecified atom stereocenters. The Bertz CT molecular complexity index is 393. The van der Waals surface area contributed by atoms with E-state index in [9.17, 15) is 4.79 Å². The summed E-state index contributed by atoms with van der Waals surface area (Å²) in [4.78, 5) is 19.0. The van der Waals surface area contributed by atoms with Gasteiger partial charge in [0.2, 0.25) is 0 Å². The van der Waals surface area contributed by atoms with Crippen LogP contribution in [0.15, 0.2) is 6.20 Å². The third-order valence-electron chi connectivity index (χ3n) is 2.99. The second kappa shape index (κ2) is 8.47. The van der Waals surface area contributed by atoms with E-state index in [1.807, 2.05) is 6.92 Å². The molecule has 0 saturated carbocycles. The Morgan fingerprint density at radius 1 is 1.53 bits per heavy atom. The molecular weight excluding hydrogens is 284 g/mol. The van der Waals surface area contributed by atoms with E-state index in [0.717, 1.165) is 50.7 Å². The first-order chi connectivity index (χ1) is 8.75. The van der Waals surface area contributed by atoms with E-state index in [1.165, 1.54) is 11.3 Å². The van der Waals surface area contributed by atoms with Gasteiger partial charge < -0.3 is 15.5 Å². The maximum atomic E-state index is 11.7. The van der Waals surface area contributed by atoms with Crippen LogP contribution < -0.4 is 10.6 Å². The number of carbonyl (C=O) groups excluding carboxylic acids is 1. The van der Waals surface area contributed by atoms with Gasteiger partial charge in [0, 0.05) is 32.7 Å². The molecule has 5 nitrogen and oxygen atoms in total. The number of carbonyl (C=O) groups is 1. The van der Waals surface area contributed by atoms with Gasteiger partial charge in [-0.2, -0.15) is 0 Å². The highest BCUT2D eigenvalue weighted by molar-refractivity contribution is 7.13. The van der Waals surface area contributed by atoms with Gasteiger partial charge in [0.25, 0.3) is 5.91 Å². The van der Waals surface area contributed by atoms with Crippen LogP contribution in [0.1, 0.15) is 21.1 Å². The van der Waals surface area contributed by atoms with Crippen LogP contribution in [0.2, 0.25) is 0 Å². The smallest absolute Gasteiger partial charge is 0.263 e. The quantitative estimate of drug-likeness (QED) is 0.794. The maximum absolute atomic E-state index is 11.7. The molecule has 2 rings (SSSR count). The van der Waals surface area contributed by atoms with Crippen LogP contribution in [0, 0.1) is 6.92 Å². The number of halogens is 1. The first kappa shape index (κ1) is 16.4. The lowest BCUT2D eigenvalue weighted by Gasteiger charge is -2.26. The van der Waals surface area contributed by atoms with Gasteiger partial charge in [-0.3, -0.25) is 4.79 Å². The van der Waals surface area contributed by atoms with Crippen LogP contribution in [0.5, 0.6) is 0 Å². The number of aryl methyl sites for hydroxylation is 1. The first-order valence-corrected chi connectivity index (χ1v) is 7.21. The summed E-state index contributed by atoms with van der Waals surface area (Å²) in [7, 11) is 0. The van der Waals surface area contributed by atoms with Crippen molar-refractivity contribution in [1.29, 1.82) is 0 Å². The van der Waals surface area contributed by atoms with Gasteiger partial charge in [-0.05, 0) is 19.9 Å². The number of hydrogen-bond acceptors (Lipinski definition) is 5. The lowest BCUT2D eigenvalue weighted by Crippen LogP contribution is -2.44. The fourth-order valence-corrected chi connectivity index (χ4v) is 2.69. The molecule has 1 aliphatic heterocycles. The zero-order chi connectivity index (χ0) is 12.8. The van der Waals surface area contributed by atoms with Crippen molar-refractivity contribution < 1.29 is 4.79 Å². The topological polar surface area (TPSA) is 57.3 Å². The molecule has 1 amide bonds. The van der Waals surface area contributed by atoms with E-state index in [0.29, 0.717) is 4.88 Å². The number of piperazine rings is 1. The van der Waals surface area contributed by atoms with Crippen LogP contribution in [0.4, 0.5) is 0 Å². The second-order valence-electron chi connectivity index (χ2n) is 4.44. The van der Waals surface area contributed by atoms with Crippen molar-refractivity contribution in [3.63, 3.8) is 0 Å². The van der Waals surface area contributed by atoms with E-state index in [-0.39, 0.29) is 18.3 Å². The van der Waals surface area contributed by atoms with Gasteiger partial charge in [0.15, 0.2) is 0 Å². The summed E-state index contributed by atoms with van der Waals surface area (Å²) >= 11 is 1.44. The maximum Gasteiger partial charge on any atom is 0.263 e. The molecule has 0 atom stereocenters. The van der Waals surface area contributed by atoms with E-state index < -0.39 is 0 Å². The highest BCUT2D eigenvalue weighted by Gasteiger charge is 2.10. The van der Waals surface area contributed by atoms with E-state index in [2.05, 4.69) is 20.5 Å². The van der Waals surface area contributed by atoms with Crippen molar-refractivity contribution in [1.82, 2.24) is 20.5 Å². The monoisotopic (exact) mass is 304 g/mol. The van der Waals surface area contributed by atoms with E-state index in [4.69, 9.17) is 0 Å². The molecule has 1 aromatic heterocycles. The molecule has 2 heterocycles. The van der Waals surface area contributed by atoms with Gasteiger partial charge in [0.05, 0.1) is 11.2 Å². The molecule has 2 N–H and O–H groups in total. The number of amides is 1. The van der Waals surface area contributed by atoms with Crippen LogP contribution >= 0.6 is 23.7 Å². The van der Waals surface area contributed by atoms with Gasteiger partial charge >= 0.3 is 0 Å². The molecule has 0 radical (unpaired) electrons. The second-order valence-corrected chi connectivity index (χ2v) is 5.68. The van der Waals surface area contributed by atoms with Crippen molar-refractivity contribution in [2.45, 2.75) is 13.3 Å². The average Bonchev–Trinajstić information content (AvgIpc) is 2.82. The standard InChI is InChI=1S/C12H20N4OS.ClH/c1-10-15-9-11(18-10)12(17)14-3-2-6-16-7-4-13-5-8-16;/h9,13H,2-8H2,1H3,(H,14,17);1H. The third-order valence-corrected chi connectivity index (χ3v) is 3.90. The molecule has 1 saturated heterocycles. The lowest BCUT2D eigenvalue weighted by atomic mass is 10.3. The lowest BCUT2D eigenvalue weighted by molar-refractivity contribution is 0.0955. The minimum Gasteiger partial charge on any atom is -0.351 e. The fourth-order valence-electron chi connectivity index (χ4n) is 1.99. The molecule has 108 valence electrons. The Hall–Kier alpha value is -0.690. The van der Waals surface area contributed by atoms with Crippen LogP contribution in [0.25, 0.3) is 0 Å². The Balaban J connectivity index is 0.00000180. The largest absolute Gasteiger partial charge is 0.351 e. The fraction of sp³-hybridized carbons (Fsp3) is 0.667. The summed E-state index contributed by atoms with van der Waals surface area (Å²) < 4.78 is 0. The number of nitrogens with one attached hydrogen (secondary N) is 2. The molecular formula is C12H21ClN4OS. The molecule has 0 spiro atoms. The summed E-state index contributed by atoms with van der Waals surface area (Å²) in [5, 5.41) is 7.20. The van der Waals surface area contributed by atoms with Gasteiger partial charge in [-0.25, -0.2) is 4.98 Å². The minimum atomic E-state index is 0. The predicted octanol–water partition coefficient (Wildman–Crippen LogP) is 0.898. The summed E-state index contributed by atoms with van der Waals surface area (Å²) in [5.41, 5.74) is 0. The van der Waals surface area contributed by atoms with Crippen molar-refractivity contribution in [2.24, 2.45) is 0 Å². The Kier molecular flexibility index (Phi) is 7.30. The number of rotatable bonds is 5. The van der Waals surface area contributed by atoms with Gasteiger partial charge in [0.1, 0.15) is 4.88 Å². The summed E-state index contributed by atoms with van der Waals surface area (Å²) in [6.07, 6.45) is 2.65. The van der Waals surface area contributed by atoms with Gasteiger partial charge in [-0.15, -0.1) is 23.7 Å². The number of thiazole rings is 1. The SMILES string of the molecule is Cc1ncc(C(=O)NCCCN2CCNCC2)s1.Cl. The molecule has 0 aromatic carbocycles. The van der Waals surface area contributed by atoms with E-state index >= 15 is 0 Å². The highest BCUT2D eigenvalue weighted by atomic mass is 35.5. The van der Waals surface area contributed by atoms with Crippen molar-refractivity contribution in [2.75, 3.05) is 39.3 Å². The van der Waals surface area contributed by atoms with Crippen molar-refractivity contribution in [3.8, 4) is 0 Å². The van der Waals surface area contributed by atoms with Crippen molar-refractivity contribution >= 4 is 29.7 Å². The zero-order valence-corrected chi connectivity index (χ0v) is 12.8. The molecule has 1 fully saturated rings. The summed E-state index contributed by atoms with van der Waals surface area (Å²) in [6.45, 7) is 8.08. The normalized spacial score (nSPS) is 15.8. The highest BCUT2D eigenvalue weighted by Crippen LogP contribution is 2.10. The summed E-state index contributed by atoms with van der Waals surface area (Å²) in [6, 6.07) is 0. The molecule has 7 heteroatoms. The van der Waals surface area contributed by atoms with Crippen LogP contribution in [-0.4, -0.2) is 55.1 Å². The van der Waals surface area contributed by atoms with E-state index in [1.54, 1.807) is 6.20 Å². The molecule has 1 aliphatic rings. The van der Waals surface area contributed by atoms with Crippen molar-refractivity contribution in [3.05, 3.63) is 16.1 Å². The molecule has 1 aromatic rings. The zero-order valence-electron chi connectivity index (χ0n) is 11.1. The number of nitrogens with zero attached hydrogens (tertiary/aromatic N) is 2. The number of hydrogen-bond donors (Lipinski definition) is 2. The Morgan fingerprint density at radius 3 is 2.89 bits per heavy atom. The molecule has 19 heavy (non-hydrogen) atoms. The molecule has 0 aliphatic carbocycles. The molecule has 0 bridgehead atoms. The Morgan fingerprint density at radius 2 is 2.26 bits per heavy atom.